The molecule has 0 aliphatic carbocycles. The molecule has 1 aromatic carbocycles. The smallest absolute Gasteiger partial charge is 0.191 e. The van der Waals surface area contributed by atoms with Gasteiger partial charge in [0, 0.05) is 26.3 Å². The zero-order valence-electron chi connectivity index (χ0n) is 16.5. The van der Waals surface area contributed by atoms with E-state index in [1.165, 1.54) is 0 Å². The number of nitrogens with zero attached hydrogens (tertiary/aromatic N) is 1. The monoisotopic (exact) mass is 493 g/mol. The van der Waals surface area contributed by atoms with Gasteiger partial charge in [-0.2, -0.15) is 0 Å². The van der Waals surface area contributed by atoms with Gasteiger partial charge in [0.2, 0.25) is 0 Å². The Bertz CT molecular complexity index is 566. The molecule has 7 nitrogen and oxygen atoms in total. The Balaban J connectivity index is 0.00000364. The van der Waals surface area contributed by atoms with Crippen LogP contribution in [0.3, 0.4) is 0 Å². The summed E-state index contributed by atoms with van der Waals surface area (Å²) in [5.41, 5.74) is 1.06. The first-order chi connectivity index (χ1) is 12.8. The maximum Gasteiger partial charge on any atom is 0.191 e. The normalized spacial score (nSPS) is 16.6. The summed E-state index contributed by atoms with van der Waals surface area (Å²) in [4.78, 5) is 4.63. The van der Waals surface area contributed by atoms with Crippen LogP contribution in [-0.4, -0.2) is 59.2 Å². The van der Waals surface area contributed by atoms with Gasteiger partial charge in [0.1, 0.15) is 0 Å². The average Bonchev–Trinajstić information content (AvgIpc) is 3.19. The lowest BCUT2D eigenvalue weighted by Crippen LogP contribution is -2.38. The number of halogens is 1. The Morgan fingerprint density at radius 2 is 2.04 bits per heavy atom. The van der Waals surface area contributed by atoms with E-state index in [9.17, 15) is 0 Å². The number of aliphatic imine (C=N–C) groups is 1. The minimum Gasteiger partial charge on any atom is -0.493 e. The van der Waals surface area contributed by atoms with Gasteiger partial charge in [-0.05, 0) is 37.5 Å². The van der Waals surface area contributed by atoms with Gasteiger partial charge in [0.25, 0.3) is 0 Å². The summed E-state index contributed by atoms with van der Waals surface area (Å²) >= 11 is 0. The van der Waals surface area contributed by atoms with Crippen LogP contribution < -0.4 is 20.1 Å². The van der Waals surface area contributed by atoms with Gasteiger partial charge < -0.3 is 29.6 Å². The first-order valence-corrected chi connectivity index (χ1v) is 9.19. The molecule has 1 aliphatic heterocycles. The van der Waals surface area contributed by atoms with Crippen molar-refractivity contribution >= 4 is 29.9 Å². The van der Waals surface area contributed by atoms with Crippen LogP contribution in [0, 0.1) is 0 Å². The van der Waals surface area contributed by atoms with Crippen LogP contribution in [0.5, 0.6) is 11.5 Å². The summed E-state index contributed by atoms with van der Waals surface area (Å²) < 4.78 is 21.7. The molecule has 8 heteroatoms. The maximum absolute atomic E-state index is 5.77. The Morgan fingerprint density at radius 1 is 1.22 bits per heavy atom. The van der Waals surface area contributed by atoms with Gasteiger partial charge in [-0.3, -0.25) is 0 Å². The van der Waals surface area contributed by atoms with Gasteiger partial charge in [0.15, 0.2) is 17.5 Å². The lowest BCUT2D eigenvalue weighted by Gasteiger charge is -2.13. The second kappa shape index (κ2) is 13.8. The molecule has 0 amide bonds. The molecule has 1 atom stereocenters. The third-order valence-electron chi connectivity index (χ3n) is 4.07. The van der Waals surface area contributed by atoms with Crippen LogP contribution in [0.25, 0.3) is 0 Å². The molecule has 0 radical (unpaired) electrons. The molecule has 1 unspecified atom stereocenters. The second-order valence-corrected chi connectivity index (χ2v) is 6.02. The van der Waals surface area contributed by atoms with E-state index in [0.717, 1.165) is 63.0 Å². The first-order valence-electron chi connectivity index (χ1n) is 9.19. The molecule has 1 aliphatic rings. The fraction of sp³-hybridized carbons (Fsp3) is 0.632. The van der Waals surface area contributed by atoms with Crippen molar-refractivity contribution in [1.29, 1.82) is 0 Å². The van der Waals surface area contributed by atoms with Crippen molar-refractivity contribution in [3.05, 3.63) is 23.8 Å². The SMILES string of the molecule is CCNC(=NCc1ccc(OC)c(OC)c1)NCCCOC1CCOC1.I. The topological polar surface area (TPSA) is 73.3 Å². The number of benzene rings is 1. The van der Waals surface area contributed by atoms with E-state index in [-0.39, 0.29) is 30.1 Å². The maximum atomic E-state index is 5.77. The van der Waals surface area contributed by atoms with E-state index in [1.807, 2.05) is 18.2 Å². The predicted octanol–water partition coefficient (Wildman–Crippen LogP) is 2.57. The zero-order chi connectivity index (χ0) is 18.6. The van der Waals surface area contributed by atoms with Crippen molar-refractivity contribution in [2.45, 2.75) is 32.4 Å². The molecule has 0 bridgehead atoms. The number of rotatable bonds is 10. The number of hydrogen-bond donors (Lipinski definition) is 2. The Morgan fingerprint density at radius 3 is 2.70 bits per heavy atom. The van der Waals surface area contributed by atoms with Crippen LogP contribution in [0.15, 0.2) is 23.2 Å². The van der Waals surface area contributed by atoms with Crippen LogP contribution in [0.4, 0.5) is 0 Å². The van der Waals surface area contributed by atoms with Crippen molar-refractivity contribution in [2.24, 2.45) is 4.99 Å². The van der Waals surface area contributed by atoms with Crippen molar-refractivity contribution in [2.75, 3.05) is 47.1 Å². The van der Waals surface area contributed by atoms with E-state index < -0.39 is 0 Å². The molecule has 0 saturated carbocycles. The molecule has 1 aromatic rings. The molecule has 1 saturated heterocycles. The van der Waals surface area contributed by atoms with E-state index in [4.69, 9.17) is 18.9 Å². The molecule has 154 valence electrons. The standard InChI is InChI=1S/C19H31N3O4.HI/c1-4-20-19(21-9-5-10-26-16-8-11-25-14-16)22-13-15-6-7-17(23-2)18(12-15)24-3;/h6-7,12,16H,4-5,8-11,13-14H2,1-3H3,(H2,20,21,22);1H. The van der Waals surface area contributed by atoms with E-state index in [1.54, 1.807) is 14.2 Å². The molecule has 1 heterocycles. The third kappa shape index (κ3) is 8.52. The fourth-order valence-corrected chi connectivity index (χ4v) is 2.66. The highest BCUT2D eigenvalue weighted by molar-refractivity contribution is 14.0. The summed E-state index contributed by atoms with van der Waals surface area (Å²) in [6.45, 7) is 6.51. The molecule has 0 aromatic heterocycles. The van der Waals surface area contributed by atoms with Crippen molar-refractivity contribution < 1.29 is 18.9 Å². The second-order valence-electron chi connectivity index (χ2n) is 6.02. The van der Waals surface area contributed by atoms with Crippen molar-refractivity contribution in [3.63, 3.8) is 0 Å². The quantitative estimate of drug-likeness (QED) is 0.226. The molecule has 2 N–H and O–H groups in total. The highest BCUT2D eigenvalue weighted by atomic mass is 127. The zero-order valence-corrected chi connectivity index (χ0v) is 18.8. The Hall–Kier alpha value is -1.26. The lowest BCUT2D eigenvalue weighted by molar-refractivity contribution is 0.0420. The van der Waals surface area contributed by atoms with Crippen LogP contribution in [0.2, 0.25) is 0 Å². The number of guanidine groups is 1. The lowest BCUT2D eigenvalue weighted by atomic mass is 10.2. The molecular weight excluding hydrogens is 461 g/mol. The summed E-state index contributed by atoms with van der Waals surface area (Å²) in [7, 11) is 3.27. The van der Waals surface area contributed by atoms with Gasteiger partial charge in [-0.25, -0.2) is 4.99 Å². The van der Waals surface area contributed by atoms with Crippen LogP contribution in [-0.2, 0) is 16.0 Å². The molecule has 1 fully saturated rings. The third-order valence-corrected chi connectivity index (χ3v) is 4.07. The highest BCUT2D eigenvalue weighted by Crippen LogP contribution is 2.27. The van der Waals surface area contributed by atoms with Gasteiger partial charge in [-0.1, -0.05) is 6.07 Å². The van der Waals surface area contributed by atoms with Crippen molar-refractivity contribution in [1.82, 2.24) is 10.6 Å². The highest BCUT2D eigenvalue weighted by Gasteiger charge is 2.15. The summed E-state index contributed by atoms with van der Waals surface area (Å²) in [5.74, 6) is 2.23. The van der Waals surface area contributed by atoms with Crippen molar-refractivity contribution in [3.8, 4) is 11.5 Å². The summed E-state index contributed by atoms with van der Waals surface area (Å²) in [6.07, 6.45) is 2.20. The number of hydrogen-bond acceptors (Lipinski definition) is 5. The predicted molar refractivity (Wildman–Crippen MR) is 118 cm³/mol. The first kappa shape index (κ1) is 23.8. The van der Waals surface area contributed by atoms with Crippen LogP contribution in [0.1, 0.15) is 25.3 Å². The van der Waals surface area contributed by atoms with Crippen LogP contribution >= 0.6 is 24.0 Å². The number of nitrogens with one attached hydrogen (secondary N) is 2. The minimum atomic E-state index is 0. The summed E-state index contributed by atoms with van der Waals surface area (Å²) in [6, 6.07) is 5.84. The molecule has 0 spiro atoms. The van der Waals surface area contributed by atoms with Gasteiger partial charge >= 0.3 is 0 Å². The minimum absolute atomic E-state index is 0. The molecule has 2 rings (SSSR count). The van der Waals surface area contributed by atoms with E-state index in [2.05, 4.69) is 22.5 Å². The summed E-state index contributed by atoms with van der Waals surface area (Å²) in [5, 5.41) is 6.60. The average molecular weight is 493 g/mol. The van der Waals surface area contributed by atoms with Gasteiger partial charge in [-0.15, -0.1) is 24.0 Å². The fourth-order valence-electron chi connectivity index (χ4n) is 2.66. The van der Waals surface area contributed by atoms with Gasteiger partial charge in [0.05, 0.1) is 33.5 Å². The van der Waals surface area contributed by atoms with E-state index >= 15 is 0 Å². The largest absolute Gasteiger partial charge is 0.493 e. The Kier molecular flexibility index (Phi) is 12.2. The Labute approximate surface area is 179 Å². The number of methoxy groups -OCH3 is 2. The van der Waals surface area contributed by atoms with E-state index in [0.29, 0.717) is 12.3 Å². The number of ether oxygens (including phenoxy) is 4. The molecule has 27 heavy (non-hydrogen) atoms. The molecular formula is C19H32IN3O4.